The van der Waals surface area contributed by atoms with Gasteiger partial charge in [-0.3, -0.25) is 9.59 Å². The van der Waals surface area contributed by atoms with Crippen LogP contribution in [0.4, 0.5) is 0 Å². The first-order valence-electron chi connectivity index (χ1n) is 7.12. The van der Waals surface area contributed by atoms with Crippen LogP contribution in [-0.2, 0) is 4.79 Å². The van der Waals surface area contributed by atoms with Crippen molar-refractivity contribution < 1.29 is 14.7 Å². The Morgan fingerprint density at radius 2 is 1.95 bits per heavy atom. The summed E-state index contributed by atoms with van der Waals surface area (Å²) in [5.41, 5.74) is 0.821. The van der Waals surface area contributed by atoms with Crippen molar-refractivity contribution in [2.75, 3.05) is 6.54 Å². The molecular formula is C16H21NO3. The summed E-state index contributed by atoms with van der Waals surface area (Å²) in [5.74, 6) is -0.985. The molecule has 0 aliphatic heterocycles. The second-order valence-corrected chi connectivity index (χ2v) is 5.70. The Hall–Kier alpha value is -1.84. The number of carboxylic acids is 1. The highest BCUT2D eigenvalue weighted by molar-refractivity contribution is 5.94. The molecule has 1 saturated carbocycles. The SMILES string of the molecule is Cc1cccc(C(=O)NCC2(C(=O)O)CCCCC2)c1. The fourth-order valence-electron chi connectivity index (χ4n) is 2.83. The van der Waals surface area contributed by atoms with E-state index in [1.807, 2.05) is 25.1 Å². The molecule has 2 rings (SSSR count). The van der Waals surface area contributed by atoms with E-state index in [-0.39, 0.29) is 12.5 Å². The predicted octanol–water partition coefficient (Wildman–Crippen LogP) is 2.76. The average Bonchev–Trinajstić information content (AvgIpc) is 2.45. The van der Waals surface area contributed by atoms with Gasteiger partial charge in [-0.05, 0) is 31.9 Å². The molecule has 1 aliphatic rings. The van der Waals surface area contributed by atoms with Gasteiger partial charge in [-0.1, -0.05) is 37.0 Å². The van der Waals surface area contributed by atoms with Crippen molar-refractivity contribution >= 4 is 11.9 Å². The second-order valence-electron chi connectivity index (χ2n) is 5.70. The summed E-state index contributed by atoms with van der Waals surface area (Å²) in [6.45, 7) is 2.14. The number of rotatable bonds is 4. The van der Waals surface area contributed by atoms with Gasteiger partial charge >= 0.3 is 5.97 Å². The van der Waals surface area contributed by atoms with Crippen molar-refractivity contribution in [1.82, 2.24) is 5.32 Å². The quantitative estimate of drug-likeness (QED) is 0.888. The Bertz CT molecular complexity index is 504. The number of aryl methyl sites for hydroxylation is 1. The van der Waals surface area contributed by atoms with Crippen molar-refractivity contribution in [3.05, 3.63) is 35.4 Å². The number of amides is 1. The highest BCUT2D eigenvalue weighted by Gasteiger charge is 2.39. The minimum absolute atomic E-state index is 0.195. The van der Waals surface area contributed by atoms with E-state index in [2.05, 4.69) is 5.32 Å². The zero-order valence-electron chi connectivity index (χ0n) is 11.8. The first kappa shape index (κ1) is 14.6. The maximum absolute atomic E-state index is 12.1. The second kappa shape index (κ2) is 6.07. The number of benzene rings is 1. The molecule has 0 unspecified atom stereocenters. The molecule has 2 N–H and O–H groups in total. The largest absolute Gasteiger partial charge is 0.481 e. The lowest BCUT2D eigenvalue weighted by atomic mass is 9.74. The van der Waals surface area contributed by atoms with Crippen LogP contribution in [0.5, 0.6) is 0 Å². The summed E-state index contributed by atoms with van der Waals surface area (Å²) in [6, 6.07) is 7.31. The number of aliphatic carboxylic acids is 1. The van der Waals surface area contributed by atoms with E-state index in [1.54, 1.807) is 6.07 Å². The van der Waals surface area contributed by atoms with E-state index >= 15 is 0 Å². The minimum atomic E-state index is -0.790. The Labute approximate surface area is 119 Å². The molecule has 1 aromatic carbocycles. The van der Waals surface area contributed by atoms with Crippen LogP contribution in [-0.4, -0.2) is 23.5 Å². The van der Waals surface area contributed by atoms with Crippen molar-refractivity contribution in [2.24, 2.45) is 5.41 Å². The summed E-state index contributed by atoms with van der Waals surface area (Å²) < 4.78 is 0. The maximum Gasteiger partial charge on any atom is 0.311 e. The van der Waals surface area contributed by atoms with Crippen LogP contribution >= 0.6 is 0 Å². The summed E-state index contributed by atoms with van der Waals surface area (Å²) >= 11 is 0. The molecule has 4 nitrogen and oxygen atoms in total. The van der Waals surface area contributed by atoms with E-state index in [1.165, 1.54) is 0 Å². The van der Waals surface area contributed by atoms with Crippen LogP contribution in [0.1, 0.15) is 48.0 Å². The lowest BCUT2D eigenvalue weighted by Gasteiger charge is -2.33. The molecule has 1 amide bonds. The first-order valence-corrected chi connectivity index (χ1v) is 7.12. The average molecular weight is 275 g/mol. The molecule has 0 aromatic heterocycles. The molecule has 0 saturated heterocycles. The Morgan fingerprint density at radius 3 is 2.55 bits per heavy atom. The van der Waals surface area contributed by atoms with Gasteiger partial charge in [0.15, 0.2) is 0 Å². The highest BCUT2D eigenvalue weighted by atomic mass is 16.4. The molecule has 0 atom stereocenters. The van der Waals surface area contributed by atoms with Crippen LogP contribution in [0, 0.1) is 12.3 Å². The Morgan fingerprint density at radius 1 is 1.25 bits per heavy atom. The monoisotopic (exact) mass is 275 g/mol. The number of carboxylic acid groups (broad SMARTS) is 1. The van der Waals surface area contributed by atoms with Gasteiger partial charge in [0, 0.05) is 12.1 Å². The lowest BCUT2D eigenvalue weighted by molar-refractivity contribution is -0.150. The molecule has 20 heavy (non-hydrogen) atoms. The number of hydrogen-bond acceptors (Lipinski definition) is 2. The van der Waals surface area contributed by atoms with Gasteiger partial charge in [0.2, 0.25) is 0 Å². The van der Waals surface area contributed by atoms with Crippen LogP contribution in [0.3, 0.4) is 0 Å². The van der Waals surface area contributed by atoms with Crippen LogP contribution < -0.4 is 5.32 Å². The van der Waals surface area contributed by atoms with E-state index < -0.39 is 11.4 Å². The smallest absolute Gasteiger partial charge is 0.311 e. The predicted molar refractivity (Wildman–Crippen MR) is 76.7 cm³/mol. The van der Waals surface area contributed by atoms with Crippen molar-refractivity contribution in [1.29, 1.82) is 0 Å². The third-order valence-electron chi connectivity index (χ3n) is 4.13. The molecule has 1 aliphatic carbocycles. The topological polar surface area (TPSA) is 66.4 Å². The maximum atomic E-state index is 12.1. The van der Waals surface area contributed by atoms with E-state index in [4.69, 9.17) is 0 Å². The molecule has 0 heterocycles. The minimum Gasteiger partial charge on any atom is -0.481 e. The van der Waals surface area contributed by atoms with Crippen molar-refractivity contribution in [3.8, 4) is 0 Å². The van der Waals surface area contributed by atoms with Gasteiger partial charge < -0.3 is 10.4 Å². The summed E-state index contributed by atoms with van der Waals surface area (Å²) in [4.78, 5) is 23.6. The molecule has 1 fully saturated rings. The fourth-order valence-corrected chi connectivity index (χ4v) is 2.83. The van der Waals surface area contributed by atoms with Gasteiger partial charge in [0.25, 0.3) is 5.91 Å². The van der Waals surface area contributed by atoms with Crippen LogP contribution in [0.2, 0.25) is 0 Å². The zero-order valence-corrected chi connectivity index (χ0v) is 11.8. The number of carbonyl (C=O) groups is 2. The van der Waals surface area contributed by atoms with Gasteiger partial charge in [-0.25, -0.2) is 0 Å². The van der Waals surface area contributed by atoms with Gasteiger partial charge in [0.1, 0.15) is 0 Å². The van der Waals surface area contributed by atoms with Gasteiger partial charge in [0.05, 0.1) is 5.41 Å². The number of nitrogens with one attached hydrogen (secondary N) is 1. The molecule has 1 aromatic rings. The van der Waals surface area contributed by atoms with Crippen molar-refractivity contribution in [3.63, 3.8) is 0 Å². The summed E-state index contributed by atoms with van der Waals surface area (Å²) in [7, 11) is 0. The van der Waals surface area contributed by atoms with E-state index in [0.717, 1.165) is 24.8 Å². The molecule has 108 valence electrons. The molecule has 0 bridgehead atoms. The highest BCUT2D eigenvalue weighted by Crippen LogP contribution is 2.36. The van der Waals surface area contributed by atoms with E-state index in [9.17, 15) is 14.7 Å². The van der Waals surface area contributed by atoms with Crippen LogP contribution in [0.15, 0.2) is 24.3 Å². The van der Waals surface area contributed by atoms with Crippen molar-refractivity contribution in [2.45, 2.75) is 39.0 Å². The standard InChI is InChI=1S/C16H21NO3/c1-12-6-5-7-13(10-12)14(18)17-11-16(15(19)20)8-3-2-4-9-16/h5-7,10H,2-4,8-9,11H2,1H3,(H,17,18)(H,19,20). The lowest BCUT2D eigenvalue weighted by Crippen LogP contribution is -2.44. The zero-order chi connectivity index (χ0) is 14.6. The summed E-state index contributed by atoms with van der Waals surface area (Å²) in [6.07, 6.45) is 4.23. The third-order valence-corrected chi connectivity index (χ3v) is 4.13. The van der Waals surface area contributed by atoms with Gasteiger partial charge in [-0.2, -0.15) is 0 Å². The molecule has 4 heteroatoms. The van der Waals surface area contributed by atoms with E-state index in [0.29, 0.717) is 18.4 Å². The number of carbonyl (C=O) groups excluding carboxylic acids is 1. The summed E-state index contributed by atoms with van der Waals surface area (Å²) in [5, 5.41) is 12.3. The van der Waals surface area contributed by atoms with Crippen LogP contribution in [0.25, 0.3) is 0 Å². The fraction of sp³-hybridized carbons (Fsp3) is 0.500. The Balaban J connectivity index is 2.02. The molecule has 0 radical (unpaired) electrons. The normalized spacial score (nSPS) is 17.4. The molecular weight excluding hydrogens is 254 g/mol. The number of hydrogen-bond donors (Lipinski definition) is 2. The third kappa shape index (κ3) is 3.18. The van der Waals surface area contributed by atoms with Gasteiger partial charge in [-0.15, -0.1) is 0 Å². The molecule has 0 spiro atoms. The first-order chi connectivity index (χ1) is 9.53. The Kier molecular flexibility index (Phi) is 4.42.